The van der Waals surface area contributed by atoms with Crippen LogP contribution in [0.2, 0.25) is 0 Å². The third kappa shape index (κ3) is 4.05. The first-order valence-electron chi connectivity index (χ1n) is 5.79. The molecule has 0 aliphatic carbocycles. The average Bonchev–Trinajstić information content (AvgIpc) is 2.94. The quantitative estimate of drug-likeness (QED) is 0.496. The van der Waals surface area contributed by atoms with Crippen LogP contribution in [0.25, 0.3) is 0 Å². The van der Waals surface area contributed by atoms with Gasteiger partial charge in [-0.3, -0.25) is 0 Å². The van der Waals surface area contributed by atoms with Crippen LogP contribution in [0.1, 0.15) is 16.0 Å². The molecule has 0 spiro atoms. The Labute approximate surface area is 134 Å². The molecule has 1 atom stereocenters. The highest BCUT2D eigenvalue weighted by atomic mass is 79.9. The Morgan fingerprint density at radius 1 is 1.21 bits per heavy atom. The van der Waals surface area contributed by atoms with Crippen molar-refractivity contribution in [1.29, 1.82) is 0 Å². The molecule has 0 fully saturated rings. The van der Waals surface area contributed by atoms with Crippen molar-refractivity contribution in [3.05, 3.63) is 50.6 Å². The van der Waals surface area contributed by atoms with Crippen LogP contribution in [0.4, 0.5) is 0 Å². The van der Waals surface area contributed by atoms with Crippen molar-refractivity contribution >= 4 is 43.2 Å². The topological polar surface area (TPSA) is 18.5 Å². The minimum Gasteiger partial charge on any atom is -0.490 e. The summed E-state index contributed by atoms with van der Waals surface area (Å²) in [4.78, 5) is 0.211. The first-order valence-corrected chi connectivity index (χ1v) is 8.45. The van der Waals surface area contributed by atoms with Gasteiger partial charge in [0, 0.05) is 7.11 Å². The van der Waals surface area contributed by atoms with Gasteiger partial charge in [-0.15, -0.1) is 0 Å². The van der Waals surface area contributed by atoms with Gasteiger partial charge in [-0.2, -0.15) is 11.3 Å². The summed E-state index contributed by atoms with van der Waals surface area (Å²) in [5.41, 5.74) is 2.47. The van der Waals surface area contributed by atoms with E-state index in [9.17, 15) is 0 Å². The molecule has 0 radical (unpaired) electrons. The van der Waals surface area contributed by atoms with Crippen LogP contribution >= 0.6 is 43.2 Å². The molecule has 0 bridgehead atoms. The maximum Gasteiger partial charge on any atom is 0.133 e. The Morgan fingerprint density at radius 3 is 2.68 bits per heavy atom. The molecule has 0 aliphatic heterocycles. The molecule has 5 heteroatoms. The maximum absolute atomic E-state index is 5.62. The lowest BCUT2D eigenvalue weighted by atomic mass is 10.1. The van der Waals surface area contributed by atoms with E-state index in [4.69, 9.17) is 9.47 Å². The van der Waals surface area contributed by atoms with Crippen LogP contribution in [0.3, 0.4) is 0 Å². The minimum atomic E-state index is 0.211. The molecule has 1 aromatic heterocycles. The van der Waals surface area contributed by atoms with Crippen molar-refractivity contribution in [2.45, 2.75) is 4.83 Å². The summed E-state index contributed by atoms with van der Waals surface area (Å²) >= 11 is 8.97. The summed E-state index contributed by atoms with van der Waals surface area (Å²) in [7, 11) is 1.66. The zero-order valence-electron chi connectivity index (χ0n) is 10.4. The lowest BCUT2D eigenvalue weighted by molar-refractivity contribution is 0.146. The monoisotopic (exact) mass is 404 g/mol. The number of alkyl halides is 1. The van der Waals surface area contributed by atoms with E-state index in [0.29, 0.717) is 13.2 Å². The fraction of sp³-hybridized carbons (Fsp3) is 0.286. The highest BCUT2D eigenvalue weighted by Crippen LogP contribution is 2.36. The lowest BCUT2D eigenvalue weighted by Crippen LogP contribution is -2.04. The van der Waals surface area contributed by atoms with Crippen LogP contribution in [0.15, 0.2) is 39.5 Å². The number of thiophene rings is 1. The zero-order valence-corrected chi connectivity index (χ0v) is 14.4. The van der Waals surface area contributed by atoms with E-state index in [-0.39, 0.29) is 4.83 Å². The number of halogens is 2. The largest absolute Gasteiger partial charge is 0.490 e. The third-order valence-electron chi connectivity index (χ3n) is 2.63. The Balaban J connectivity index is 2.10. The predicted octanol–water partition coefficient (Wildman–Crippen LogP) is 5.02. The summed E-state index contributed by atoms with van der Waals surface area (Å²) in [5.74, 6) is 0.839. The van der Waals surface area contributed by atoms with Gasteiger partial charge < -0.3 is 9.47 Å². The lowest BCUT2D eigenvalue weighted by Gasteiger charge is -2.12. The van der Waals surface area contributed by atoms with E-state index in [1.54, 1.807) is 18.4 Å². The van der Waals surface area contributed by atoms with E-state index >= 15 is 0 Å². The molecule has 0 aliphatic rings. The molecule has 2 aromatic rings. The Hall–Kier alpha value is -0.360. The number of ether oxygens (including phenoxy) is 2. The van der Waals surface area contributed by atoms with Gasteiger partial charge in [-0.25, -0.2) is 0 Å². The van der Waals surface area contributed by atoms with E-state index in [1.807, 2.05) is 6.07 Å². The molecular weight excluding hydrogens is 392 g/mol. The fourth-order valence-electron chi connectivity index (χ4n) is 1.64. The minimum absolute atomic E-state index is 0.211. The van der Waals surface area contributed by atoms with Gasteiger partial charge in [0.2, 0.25) is 0 Å². The predicted molar refractivity (Wildman–Crippen MR) is 86.6 cm³/mol. The van der Waals surface area contributed by atoms with Crippen molar-refractivity contribution in [2.75, 3.05) is 20.3 Å². The molecule has 0 N–H and O–H groups in total. The van der Waals surface area contributed by atoms with E-state index in [0.717, 1.165) is 10.2 Å². The Bertz CT molecular complexity index is 514. The fourth-order valence-corrected chi connectivity index (χ4v) is 3.58. The van der Waals surface area contributed by atoms with Crippen molar-refractivity contribution in [3.63, 3.8) is 0 Å². The van der Waals surface area contributed by atoms with Gasteiger partial charge in [0.25, 0.3) is 0 Å². The van der Waals surface area contributed by atoms with Gasteiger partial charge in [-0.05, 0) is 56.0 Å². The molecule has 0 amide bonds. The summed E-state index contributed by atoms with van der Waals surface area (Å²) in [6.45, 7) is 1.14. The van der Waals surface area contributed by atoms with Crippen molar-refractivity contribution < 1.29 is 9.47 Å². The van der Waals surface area contributed by atoms with Crippen molar-refractivity contribution in [3.8, 4) is 5.75 Å². The first-order chi connectivity index (χ1) is 9.22. The SMILES string of the molecule is COCCOc1ccc(C(Br)c2ccsc2)cc1Br. The number of rotatable bonds is 6. The summed E-state index contributed by atoms with van der Waals surface area (Å²) < 4.78 is 11.5. The molecule has 2 nitrogen and oxygen atoms in total. The normalized spacial score (nSPS) is 12.4. The first kappa shape index (κ1) is 15.0. The molecule has 0 saturated heterocycles. The van der Waals surface area contributed by atoms with Gasteiger partial charge in [0.05, 0.1) is 15.9 Å². The molecule has 1 unspecified atom stereocenters. The molecular formula is C14H14Br2O2S. The Kier molecular flexibility index (Phi) is 5.88. The van der Waals surface area contributed by atoms with Crippen molar-refractivity contribution in [2.24, 2.45) is 0 Å². The second kappa shape index (κ2) is 7.43. The highest BCUT2D eigenvalue weighted by Gasteiger charge is 2.12. The van der Waals surface area contributed by atoms with Crippen LogP contribution in [-0.4, -0.2) is 20.3 Å². The second-order valence-corrected chi connectivity index (χ2v) is 6.50. The van der Waals surface area contributed by atoms with Crippen LogP contribution in [0.5, 0.6) is 5.75 Å². The van der Waals surface area contributed by atoms with Gasteiger partial charge in [0.1, 0.15) is 12.4 Å². The molecule has 102 valence electrons. The molecule has 19 heavy (non-hydrogen) atoms. The van der Waals surface area contributed by atoms with E-state index in [2.05, 4.69) is 60.8 Å². The maximum atomic E-state index is 5.62. The van der Waals surface area contributed by atoms with Gasteiger partial charge in [0.15, 0.2) is 0 Å². The number of methoxy groups -OCH3 is 1. The summed E-state index contributed by atoms with van der Waals surface area (Å²) in [5, 5.41) is 4.23. The standard InChI is InChI=1S/C14H14Br2O2S/c1-17-5-6-18-13-3-2-10(8-12(13)15)14(16)11-4-7-19-9-11/h2-4,7-9,14H,5-6H2,1H3. The number of benzene rings is 1. The van der Waals surface area contributed by atoms with Gasteiger partial charge >= 0.3 is 0 Å². The molecule has 0 saturated carbocycles. The van der Waals surface area contributed by atoms with Crippen LogP contribution in [-0.2, 0) is 4.74 Å². The van der Waals surface area contributed by atoms with Gasteiger partial charge in [-0.1, -0.05) is 22.0 Å². The molecule has 2 rings (SSSR count). The molecule has 1 heterocycles. The highest BCUT2D eigenvalue weighted by molar-refractivity contribution is 9.10. The summed E-state index contributed by atoms with van der Waals surface area (Å²) in [6, 6.07) is 8.26. The van der Waals surface area contributed by atoms with E-state index in [1.165, 1.54) is 11.1 Å². The van der Waals surface area contributed by atoms with Crippen LogP contribution in [0, 0.1) is 0 Å². The van der Waals surface area contributed by atoms with Crippen LogP contribution < -0.4 is 4.74 Å². The third-order valence-corrected chi connectivity index (χ3v) is 5.01. The van der Waals surface area contributed by atoms with E-state index < -0.39 is 0 Å². The van der Waals surface area contributed by atoms with Crippen molar-refractivity contribution in [1.82, 2.24) is 0 Å². The molecule has 1 aromatic carbocycles. The number of hydrogen-bond acceptors (Lipinski definition) is 3. The Morgan fingerprint density at radius 2 is 2.05 bits per heavy atom. The number of hydrogen-bond donors (Lipinski definition) is 0. The average molecular weight is 406 g/mol. The second-order valence-electron chi connectivity index (χ2n) is 3.95. The smallest absolute Gasteiger partial charge is 0.133 e. The summed E-state index contributed by atoms with van der Waals surface area (Å²) in [6.07, 6.45) is 0. The zero-order chi connectivity index (χ0) is 13.7.